The van der Waals surface area contributed by atoms with E-state index in [2.05, 4.69) is 15.5 Å². The third-order valence-corrected chi connectivity index (χ3v) is 5.05. The van der Waals surface area contributed by atoms with Crippen LogP contribution in [0.5, 0.6) is 0 Å². The summed E-state index contributed by atoms with van der Waals surface area (Å²) in [7, 11) is -3.74. The lowest BCUT2D eigenvalue weighted by Crippen LogP contribution is -2.23. The van der Waals surface area contributed by atoms with Gasteiger partial charge in [0.25, 0.3) is 0 Å². The maximum Gasteiger partial charge on any atom is 0.238 e. The third kappa shape index (κ3) is 4.53. The van der Waals surface area contributed by atoms with Crippen LogP contribution in [0, 0.1) is 0 Å². The van der Waals surface area contributed by atoms with Gasteiger partial charge in [-0.25, -0.2) is 13.6 Å². The van der Waals surface area contributed by atoms with Crippen LogP contribution in [0.15, 0.2) is 40.6 Å². The fourth-order valence-corrected chi connectivity index (χ4v) is 3.14. The number of hydrogen-bond donors (Lipinski definition) is 2. The number of aryl methyl sites for hydroxylation is 1. The van der Waals surface area contributed by atoms with Crippen molar-refractivity contribution in [2.24, 2.45) is 5.14 Å². The minimum atomic E-state index is -3.74. The summed E-state index contributed by atoms with van der Waals surface area (Å²) in [6.45, 7) is 4.44. The molecule has 0 aliphatic carbocycles. The van der Waals surface area contributed by atoms with Crippen molar-refractivity contribution in [3.05, 3.63) is 30.6 Å². The summed E-state index contributed by atoms with van der Waals surface area (Å²) in [4.78, 5) is 12.2. The van der Waals surface area contributed by atoms with Crippen LogP contribution in [0.2, 0.25) is 0 Å². The van der Waals surface area contributed by atoms with Gasteiger partial charge in [0, 0.05) is 12.2 Å². The Morgan fingerprint density at radius 2 is 2.04 bits per heavy atom. The van der Waals surface area contributed by atoms with Crippen molar-refractivity contribution in [1.29, 1.82) is 0 Å². The second kappa shape index (κ2) is 7.11. The number of sulfonamides is 1. The van der Waals surface area contributed by atoms with Crippen molar-refractivity contribution in [1.82, 2.24) is 14.8 Å². The van der Waals surface area contributed by atoms with Gasteiger partial charge < -0.3 is 9.88 Å². The Labute approximate surface area is 138 Å². The Kier molecular flexibility index (Phi) is 5.39. The molecule has 8 nitrogen and oxygen atoms in total. The van der Waals surface area contributed by atoms with Crippen LogP contribution in [-0.2, 0) is 21.4 Å². The van der Waals surface area contributed by atoms with E-state index in [0.29, 0.717) is 10.8 Å². The fraction of sp³-hybridized carbons (Fsp3) is 0.308. The van der Waals surface area contributed by atoms with Crippen LogP contribution in [0.3, 0.4) is 0 Å². The molecule has 1 heterocycles. The second-order valence-corrected chi connectivity index (χ2v) is 7.59. The molecule has 0 unspecified atom stereocenters. The number of nitrogens with zero attached hydrogens (tertiary/aromatic N) is 3. The van der Waals surface area contributed by atoms with Crippen molar-refractivity contribution in [2.45, 2.75) is 35.7 Å². The normalized spacial score (nSPS) is 12.8. The molecule has 2 rings (SSSR count). The van der Waals surface area contributed by atoms with E-state index in [4.69, 9.17) is 5.14 Å². The van der Waals surface area contributed by atoms with E-state index in [1.54, 1.807) is 13.3 Å². The SMILES string of the molecule is CCn1cnnc1S[C@@H](C)C(=O)Nc1ccc(S(N)(=O)=O)cc1. The van der Waals surface area contributed by atoms with Gasteiger partial charge in [0.15, 0.2) is 5.16 Å². The highest BCUT2D eigenvalue weighted by Gasteiger charge is 2.18. The number of carbonyl (C=O) groups is 1. The summed E-state index contributed by atoms with van der Waals surface area (Å²) in [6, 6.07) is 5.67. The number of carbonyl (C=O) groups excluding carboxylic acids is 1. The number of rotatable bonds is 6. The summed E-state index contributed by atoms with van der Waals surface area (Å²) in [6.07, 6.45) is 1.61. The molecule has 0 aliphatic rings. The van der Waals surface area contributed by atoms with Gasteiger partial charge in [0.2, 0.25) is 15.9 Å². The first-order chi connectivity index (χ1) is 10.8. The van der Waals surface area contributed by atoms with Crippen molar-refractivity contribution < 1.29 is 13.2 Å². The molecule has 2 aromatic rings. The summed E-state index contributed by atoms with van der Waals surface area (Å²) < 4.78 is 24.2. The Morgan fingerprint density at radius 3 is 2.61 bits per heavy atom. The number of nitrogens with two attached hydrogens (primary N) is 1. The van der Waals surface area contributed by atoms with E-state index >= 15 is 0 Å². The van der Waals surface area contributed by atoms with E-state index in [1.165, 1.54) is 36.0 Å². The fourth-order valence-electron chi connectivity index (χ4n) is 1.74. The molecule has 0 radical (unpaired) electrons. The molecule has 1 atom stereocenters. The van der Waals surface area contributed by atoms with Gasteiger partial charge in [-0.2, -0.15) is 0 Å². The molecular formula is C13H17N5O3S2. The summed E-state index contributed by atoms with van der Waals surface area (Å²) in [5, 5.41) is 15.8. The van der Waals surface area contributed by atoms with Gasteiger partial charge in [0.1, 0.15) is 6.33 Å². The topological polar surface area (TPSA) is 120 Å². The molecular weight excluding hydrogens is 338 g/mol. The second-order valence-electron chi connectivity index (χ2n) is 4.72. The maximum atomic E-state index is 12.2. The average molecular weight is 355 g/mol. The molecule has 1 aromatic carbocycles. The van der Waals surface area contributed by atoms with Gasteiger partial charge in [-0.1, -0.05) is 11.8 Å². The summed E-state index contributed by atoms with van der Waals surface area (Å²) in [5.41, 5.74) is 0.492. The smallest absolute Gasteiger partial charge is 0.238 e. The lowest BCUT2D eigenvalue weighted by molar-refractivity contribution is -0.115. The molecule has 0 saturated heterocycles. The maximum absolute atomic E-state index is 12.2. The average Bonchev–Trinajstić information content (AvgIpc) is 2.94. The van der Waals surface area contributed by atoms with Crippen LogP contribution in [0.25, 0.3) is 0 Å². The molecule has 23 heavy (non-hydrogen) atoms. The van der Waals surface area contributed by atoms with Gasteiger partial charge in [-0.3, -0.25) is 4.79 Å². The van der Waals surface area contributed by atoms with Gasteiger partial charge in [0.05, 0.1) is 10.1 Å². The van der Waals surface area contributed by atoms with Crippen LogP contribution >= 0.6 is 11.8 Å². The zero-order valence-electron chi connectivity index (χ0n) is 12.6. The van der Waals surface area contributed by atoms with Crippen molar-refractivity contribution in [3.63, 3.8) is 0 Å². The van der Waals surface area contributed by atoms with Gasteiger partial charge in [-0.15, -0.1) is 10.2 Å². The molecule has 1 aromatic heterocycles. The number of thioether (sulfide) groups is 1. The minimum Gasteiger partial charge on any atom is -0.325 e. The molecule has 10 heteroatoms. The van der Waals surface area contributed by atoms with E-state index in [9.17, 15) is 13.2 Å². The van der Waals surface area contributed by atoms with Crippen LogP contribution < -0.4 is 10.5 Å². The van der Waals surface area contributed by atoms with Crippen molar-refractivity contribution in [3.8, 4) is 0 Å². The zero-order chi connectivity index (χ0) is 17.0. The van der Waals surface area contributed by atoms with E-state index < -0.39 is 10.0 Å². The molecule has 0 spiro atoms. The predicted molar refractivity (Wildman–Crippen MR) is 87.5 cm³/mol. The van der Waals surface area contributed by atoms with Gasteiger partial charge >= 0.3 is 0 Å². The van der Waals surface area contributed by atoms with E-state index in [-0.39, 0.29) is 16.1 Å². The van der Waals surface area contributed by atoms with Gasteiger partial charge in [-0.05, 0) is 38.1 Å². The minimum absolute atomic E-state index is 0.00558. The molecule has 1 amide bonds. The summed E-state index contributed by atoms with van der Waals surface area (Å²) >= 11 is 1.30. The highest BCUT2D eigenvalue weighted by Crippen LogP contribution is 2.22. The predicted octanol–water partition coefficient (Wildman–Crippen LogP) is 1.06. The standard InChI is InChI=1S/C13H17N5O3S2/c1-3-18-8-15-17-13(18)22-9(2)12(19)16-10-4-6-11(7-5-10)23(14,20)21/h4-9H,3H2,1-2H3,(H,16,19)(H2,14,20,21)/t9-/m0/s1. The Bertz CT molecular complexity index is 786. The number of benzene rings is 1. The van der Waals surface area contributed by atoms with Crippen LogP contribution in [0.4, 0.5) is 5.69 Å². The Hall–Kier alpha value is -1.91. The number of amides is 1. The highest BCUT2D eigenvalue weighted by atomic mass is 32.2. The molecule has 0 bridgehead atoms. The molecule has 3 N–H and O–H groups in total. The zero-order valence-corrected chi connectivity index (χ0v) is 14.3. The van der Waals surface area contributed by atoms with Crippen LogP contribution in [0.1, 0.15) is 13.8 Å². The monoisotopic (exact) mass is 355 g/mol. The molecule has 0 aliphatic heterocycles. The molecule has 0 saturated carbocycles. The lowest BCUT2D eigenvalue weighted by atomic mass is 10.3. The first-order valence-electron chi connectivity index (χ1n) is 6.79. The number of aromatic nitrogens is 3. The van der Waals surface area contributed by atoms with Crippen molar-refractivity contribution >= 4 is 33.4 Å². The molecule has 124 valence electrons. The largest absolute Gasteiger partial charge is 0.325 e. The van der Waals surface area contributed by atoms with E-state index in [1.807, 2.05) is 11.5 Å². The summed E-state index contributed by atoms with van der Waals surface area (Å²) in [5.74, 6) is -0.219. The highest BCUT2D eigenvalue weighted by molar-refractivity contribution is 8.00. The number of anilines is 1. The quantitative estimate of drug-likeness (QED) is 0.748. The first kappa shape index (κ1) is 17.4. The number of hydrogen-bond acceptors (Lipinski definition) is 6. The third-order valence-electron chi connectivity index (χ3n) is 3.02. The van der Waals surface area contributed by atoms with E-state index in [0.717, 1.165) is 6.54 Å². The Morgan fingerprint density at radius 1 is 1.39 bits per heavy atom. The Balaban J connectivity index is 2.01. The first-order valence-corrected chi connectivity index (χ1v) is 9.22. The van der Waals surface area contributed by atoms with Crippen molar-refractivity contribution in [2.75, 3.05) is 5.32 Å². The molecule has 0 fully saturated rings. The van der Waals surface area contributed by atoms with Crippen LogP contribution in [-0.4, -0.2) is 34.3 Å². The number of primary sulfonamides is 1. The lowest BCUT2D eigenvalue weighted by Gasteiger charge is -2.12. The number of nitrogens with one attached hydrogen (secondary N) is 1.